The van der Waals surface area contributed by atoms with Gasteiger partial charge in [0.1, 0.15) is 5.82 Å². The van der Waals surface area contributed by atoms with Crippen LogP contribution in [0.25, 0.3) is 0 Å². The van der Waals surface area contributed by atoms with E-state index in [4.69, 9.17) is 17.3 Å². The summed E-state index contributed by atoms with van der Waals surface area (Å²) in [6.07, 6.45) is 1.06. The Bertz CT molecular complexity index is 471. The van der Waals surface area contributed by atoms with Gasteiger partial charge in [0, 0.05) is 19.0 Å². The third kappa shape index (κ3) is 6.35. The number of hydrogen-bond acceptors (Lipinski definition) is 2. The molecule has 5 heteroatoms. The standard InChI is InChI=1S/C15H22ClFN2O/c1-15(2,3)8-11(18)7-14(20)19-9-10-4-5-13(17)12(16)6-10/h4-6,11H,7-9,18H2,1-3H3,(H,19,20). The lowest BCUT2D eigenvalue weighted by Crippen LogP contribution is -2.34. The number of benzene rings is 1. The van der Waals surface area contributed by atoms with Crippen molar-refractivity contribution in [3.8, 4) is 0 Å². The number of nitrogens with one attached hydrogen (secondary N) is 1. The van der Waals surface area contributed by atoms with E-state index in [0.717, 1.165) is 12.0 Å². The van der Waals surface area contributed by atoms with E-state index in [0.29, 0.717) is 6.54 Å². The molecule has 0 spiro atoms. The number of nitrogens with two attached hydrogens (primary N) is 1. The molecule has 0 heterocycles. The Hall–Kier alpha value is -1.13. The summed E-state index contributed by atoms with van der Waals surface area (Å²) in [6, 6.07) is 4.23. The zero-order chi connectivity index (χ0) is 15.3. The Morgan fingerprint density at radius 3 is 2.65 bits per heavy atom. The van der Waals surface area contributed by atoms with Crippen LogP contribution in [-0.4, -0.2) is 11.9 Å². The molecule has 0 fully saturated rings. The lowest BCUT2D eigenvalue weighted by molar-refractivity contribution is -0.121. The highest BCUT2D eigenvalue weighted by atomic mass is 35.5. The molecule has 0 saturated carbocycles. The molecule has 20 heavy (non-hydrogen) atoms. The van der Waals surface area contributed by atoms with Gasteiger partial charge in [0.25, 0.3) is 0 Å². The average Bonchev–Trinajstić information content (AvgIpc) is 2.28. The van der Waals surface area contributed by atoms with Crippen molar-refractivity contribution in [3.05, 3.63) is 34.6 Å². The van der Waals surface area contributed by atoms with Crippen molar-refractivity contribution in [2.24, 2.45) is 11.1 Å². The van der Waals surface area contributed by atoms with Gasteiger partial charge in [0.2, 0.25) is 5.91 Å². The summed E-state index contributed by atoms with van der Waals surface area (Å²) >= 11 is 5.68. The molecule has 1 atom stereocenters. The Kier molecular flexibility index (Phi) is 5.96. The Balaban J connectivity index is 2.41. The van der Waals surface area contributed by atoms with Crippen molar-refractivity contribution >= 4 is 17.5 Å². The van der Waals surface area contributed by atoms with Crippen LogP contribution in [-0.2, 0) is 11.3 Å². The third-order valence-corrected chi connectivity index (χ3v) is 3.09. The largest absolute Gasteiger partial charge is 0.352 e. The van der Waals surface area contributed by atoms with Crippen LogP contribution < -0.4 is 11.1 Å². The number of carbonyl (C=O) groups excluding carboxylic acids is 1. The maximum Gasteiger partial charge on any atom is 0.221 e. The van der Waals surface area contributed by atoms with Crippen molar-refractivity contribution < 1.29 is 9.18 Å². The molecule has 0 aliphatic rings. The van der Waals surface area contributed by atoms with Gasteiger partial charge in [-0.1, -0.05) is 38.4 Å². The number of halogens is 2. The Labute approximate surface area is 124 Å². The monoisotopic (exact) mass is 300 g/mol. The van der Waals surface area contributed by atoms with Crippen molar-refractivity contribution in [2.75, 3.05) is 0 Å². The molecule has 1 unspecified atom stereocenters. The molecule has 1 aromatic rings. The number of rotatable bonds is 5. The lowest BCUT2D eigenvalue weighted by Gasteiger charge is -2.22. The van der Waals surface area contributed by atoms with Crippen LogP contribution in [0.4, 0.5) is 4.39 Å². The van der Waals surface area contributed by atoms with Gasteiger partial charge < -0.3 is 11.1 Å². The second-order valence-electron chi connectivity index (χ2n) is 6.25. The summed E-state index contributed by atoms with van der Waals surface area (Å²) in [4.78, 5) is 11.8. The van der Waals surface area contributed by atoms with Crippen LogP contribution in [0.2, 0.25) is 5.02 Å². The van der Waals surface area contributed by atoms with E-state index in [1.54, 1.807) is 6.07 Å². The quantitative estimate of drug-likeness (QED) is 0.877. The summed E-state index contributed by atoms with van der Waals surface area (Å²) in [6.45, 7) is 6.59. The molecule has 0 aromatic heterocycles. The smallest absolute Gasteiger partial charge is 0.221 e. The van der Waals surface area contributed by atoms with Crippen LogP contribution in [0.15, 0.2) is 18.2 Å². The van der Waals surface area contributed by atoms with Gasteiger partial charge in [-0.25, -0.2) is 4.39 Å². The zero-order valence-electron chi connectivity index (χ0n) is 12.2. The van der Waals surface area contributed by atoms with Gasteiger partial charge in [-0.05, 0) is 29.5 Å². The molecule has 0 aliphatic carbocycles. The number of carbonyl (C=O) groups is 1. The van der Waals surface area contributed by atoms with E-state index in [2.05, 4.69) is 26.1 Å². The van der Waals surface area contributed by atoms with E-state index in [1.807, 2.05) is 0 Å². The lowest BCUT2D eigenvalue weighted by atomic mass is 9.87. The van der Waals surface area contributed by atoms with Gasteiger partial charge >= 0.3 is 0 Å². The number of hydrogen-bond donors (Lipinski definition) is 2. The second kappa shape index (κ2) is 7.04. The Morgan fingerprint density at radius 2 is 2.10 bits per heavy atom. The minimum Gasteiger partial charge on any atom is -0.352 e. The molecule has 0 bridgehead atoms. The van der Waals surface area contributed by atoms with E-state index < -0.39 is 5.82 Å². The fourth-order valence-electron chi connectivity index (χ4n) is 2.02. The molecule has 0 saturated heterocycles. The molecule has 0 aliphatic heterocycles. The maximum atomic E-state index is 13.0. The highest BCUT2D eigenvalue weighted by Crippen LogP contribution is 2.21. The molecule has 0 radical (unpaired) electrons. The maximum absolute atomic E-state index is 13.0. The normalized spacial score (nSPS) is 13.1. The first-order valence-electron chi connectivity index (χ1n) is 6.63. The van der Waals surface area contributed by atoms with Crippen molar-refractivity contribution in [3.63, 3.8) is 0 Å². The predicted molar refractivity (Wildman–Crippen MR) is 79.9 cm³/mol. The van der Waals surface area contributed by atoms with Gasteiger partial charge in [-0.3, -0.25) is 4.79 Å². The molecular weight excluding hydrogens is 279 g/mol. The van der Waals surface area contributed by atoms with Gasteiger partial charge in [0.15, 0.2) is 0 Å². The highest BCUT2D eigenvalue weighted by molar-refractivity contribution is 6.30. The fraction of sp³-hybridized carbons (Fsp3) is 0.533. The summed E-state index contributed by atoms with van der Waals surface area (Å²) in [5.74, 6) is -0.573. The van der Waals surface area contributed by atoms with Crippen LogP contribution in [0, 0.1) is 11.2 Å². The van der Waals surface area contributed by atoms with E-state index in [-0.39, 0.29) is 28.8 Å². The van der Waals surface area contributed by atoms with Crippen LogP contribution in [0.1, 0.15) is 39.2 Å². The van der Waals surface area contributed by atoms with Gasteiger partial charge in [-0.2, -0.15) is 0 Å². The second-order valence-corrected chi connectivity index (χ2v) is 6.66. The van der Waals surface area contributed by atoms with E-state index in [9.17, 15) is 9.18 Å². The van der Waals surface area contributed by atoms with Crippen molar-refractivity contribution in [1.82, 2.24) is 5.32 Å². The number of amides is 1. The van der Waals surface area contributed by atoms with Crippen LogP contribution in [0.3, 0.4) is 0 Å². The molecule has 1 rings (SSSR count). The molecule has 3 nitrogen and oxygen atoms in total. The van der Waals surface area contributed by atoms with Crippen molar-refractivity contribution in [2.45, 2.75) is 46.2 Å². The molecular formula is C15H22ClFN2O. The SMILES string of the molecule is CC(C)(C)CC(N)CC(=O)NCc1ccc(F)c(Cl)c1. The minimum absolute atomic E-state index is 0.0567. The van der Waals surface area contributed by atoms with E-state index in [1.165, 1.54) is 12.1 Å². The molecule has 112 valence electrons. The summed E-state index contributed by atoms with van der Waals surface area (Å²) in [5.41, 5.74) is 6.80. The summed E-state index contributed by atoms with van der Waals surface area (Å²) in [7, 11) is 0. The van der Waals surface area contributed by atoms with Crippen molar-refractivity contribution in [1.29, 1.82) is 0 Å². The molecule has 1 amide bonds. The summed E-state index contributed by atoms with van der Waals surface area (Å²) in [5, 5.41) is 2.82. The zero-order valence-corrected chi connectivity index (χ0v) is 12.9. The average molecular weight is 301 g/mol. The van der Waals surface area contributed by atoms with Gasteiger partial charge in [-0.15, -0.1) is 0 Å². The first-order chi connectivity index (χ1) is 9.17. The first-order valence-corrected chi connectivity index (χ1v) is 7.01. The molecule has 1 aromatic carbocycles. The van der Waals surface area contributed by atoms with Crippen LogP contribution >= 0.6 is 11.6 Å². The first kappa shape index (κ1) is 16.9. The van der Waals surface area contributed by atoms with Crippen LogP contribution in [0.5, 0.6) is 0 Å². The fourth-order valence-corrected chi connectivity index (χ4v) is 2.22. The van der Waals surface area contributed by atoms with E-state index >= 15 is 0 Å². The van der Waals surface area contributed by atoms with Gasteiger partial charge in [0.05, 0.1) is 5.02 Å². The highest BCUT2D eigenvalue weighted by Gasteiger charge is 2.18. The summed E-state index contributed by atoms with van der Waals surface area (Å²) < 4.78 is 13.0. The molecule has 3 N–H and O–H groups in total. The predicted octanol–water partition coefficient (Wildman–Crippen LogP) is 3.25. The minimum atomic E-state index is -0.464. The Morgan fingerprint density at radius 1 is 1.45 bits per heavy atom. The topological polar surface area (TPSA) is 55.1 Å². The third-order valence-electron chi connectivity index (χ3n) is 2.80.